The third-order valence-electron chi connectivity index (χ3n) is 4.18. The minimum absolute atomic E-state index is 0.0318. The molecule has 0 bridgehead atoms. The number of thioether (sulfide) groups is 1. The molecule has 1 fully saturated rings. The SMILES string of the molecule is O=c1c(F)cn([C@H]2C[C@H](O)[C@@H](CO)O2)c(=O)n1NC(=S)SCc1ccccc1. The Morgan fingerprint density at radius 3 is 2.71 bits per heavy atom. The number of hydrogen-bond acceptors (Lipinski definition) is 7. The summed E-state index contributed by atoms with van der Waals surface area (Å²) >= 11 is 6.33. The first-order chi connectivity index (χ1) is 13.4. The van der Waals surface area contributed by atoms with Crippen LogP contribution in [0.3, 0.4) is 0 Å². The fourth-order valence-electron chi connectivity index (χ4n) is 2.74. The predicted molar refractivity (Wildman–Crippen MR) is 106 cm³/mol. The second-order valence-electron chi connectivity index (χ2n) is 6.10. The Hall–Kier alpha value is -2.05. The molecule has 1 saturated heterocycles. The first-order valence-corrected chi connectivity index (χ1v) is 9.76. The molecule has 1 aliphatic rings. The molecule has 0 radical (unpaired) electrons. The first-order valence-electron chi connectivity index (χ1n) is 8.36. The number of aliphatic hydroxyl groups excluding tert-OH is 2. The zero-order valence-corrected chi connectivity index (χ0v) is 16.2. The highest BCUT2D eigenvalue weighted by molar-refractivity contribution is 8.22. The molecule has 0 spiro atoms. The minimum Gasteiger partial charge on any atom is -0.394 e. The van der Waals surface area contributed by atoms with E-state index >= 15 is 0 Å². The monoisotopic (exact) mass is 427 g/mol. The molecule has 1 aromatic heterocycles. The molecule has 28 heavy (non-hydrogen) atoms. The molecule has 150 valence electrons. The highest BCUT2D eigenvalue weighted by Crippen LogP contribution is 2.27. The number of hydrogen-bond donors (Lipinski definition) is 3. The van der Waals surface area contributed by atoms with E-state index < -0.39 is 42.1 Å². The maximum atomic E-state index is 14.1. The summed E-state index contributed by atoms with van der Waals surface area (Å²) in [6.45, 7) is -0.451. The average molecular weight is 427 g/mol. The van der Waals surface area contributed by atoms with Gasteiger partial charge in [-0.25, -0.2) is 4.79 Å². The van der Waals surface area contributed by atoms with Gasteiger partial charge in [0.1, 0.15) is 12.3 Å². The number of aliphatic hydroxyl groups is 2. The van der Waals surface area contributed by atoms with Crippen molar-refractivity contribution < 1.29 is 19.3 Å². The van der Waals surface area contributed by atoms with Gasteiger partial charge >= 0.3 is 11.2 Å². The minimum atomic E-state index is -1.19. The summed E-state index contributed by atoms with van der Waals surface area (Å²) in [5.74, 6) is -0.686. The molecular weight excluding hydrogens is 409 g/mol. The van der Waals surface area contributed by atoms with Crippen molar-refractivity contribution in [1.82, 2.24) is 9.24 Å². The van der Waals surface area contributed by atoms with Crippen LogP contribution in [0.2, 0.25) is 0 Å². The summed E-state index contributed by atoms with van der Waals surface area (Å²) < 4.78 is 20.9. The van der Waals surface area contributed by atoms with Crippen LogP contribution in [0.15, 0.2) is 46.1 Å². The Kier molecular flexibility index (Phi) is 6.62. The molecule has 0 amide bonds. The number of benzene rings is 1. The Morgan fingerprint density at radius 1 is 1.36 bits per heavy atom. The molecule has 3 rings (SSSR count). The lowest BCUT2D eigenvalue weighted by molar-refractivity contribution is -0.0465. The number of nitrogens with zero attached hydrogens (tertiary/aromatic N) is 2. The summed E-state index contributed by atoms with van der Waals surface area (Å²) in [7, 11) is 0. The molecule has 2 heterocycles. The first kappa shape index (κ1) is 20.7. The van der Waals surface area contributed by atoms with Crippen molar-refractivity contribution in [3.05, 3.63) is 68.7 Å². The summed E-state index contributed by atoms with van der Waals surface area (Å²) in [4.78, 5) is 24.7. The maximum Gasteiger partial charge on any atom is 0.352 e. The molecule has 0 aliphatic carbocycles. The van der Waals surface area contributed by atoms with Crippen LogP contribution < -0.4 is 16.7 Å². The van der Waals surface area contributed by atoms with Gasteiger partial charge in [-0.15, -0.1) is 0 Å². The summed E-state index contributed by atoms with van der Waals surface area (Å²) in [5.41, 5.74) is 1.36. The highest BCUT2D eigenvalue weighted by atomic mass is 32.2. The molecule has 2 aromatic rings. The highest BCUT2D eigenvalue weighted by Gasteiger charge is 2.35. The van der Waals surface area contributed by atoms with E-state index in [1.54, 1.807) is 0 Å². The molecule has 1 aliphatic heterocycles. The fraction of sp³-hybridized carbons (Fsp3) is 0.353. The van der Waals surface area contributed by atoms with Crippen molar-refractivity contribution in [2.75, 3.05) is 12.0 Å². The van der Waals surface area contributed by atoms with Gasteiger partial charge in [0.25, 0.3) is 0 Å². The smallest absolute Gasteiger partial charge is 0.352 e. The summed E-state index contributed by atoms with van der Waals surface area (Å²) in [6, 6.07) is 9.42. The van der Waals surface area contributed by atoms with E-state index in [4.69, 9.17) is 22.1 Å². The van der Waals surface area contributed by atoms with Gasteiger partial charge in [0, 0.05) is 12.2 Å². The zero-order chi connectivity index (χ0) is 20.3. The van der Waals surface area contributed by atoms with Crippen molar-refractivity contribution in [2.24, 2.45) is 0 Å². The van der Waals surface area contributed by atoms with E-state index in [1.165, 1.54) is 11.8 Å². The van der Waals surface area contributed by atoms with Gasteiger partial charge in [-0.1, -0.05) is 54.3 Å². The van der Waals surface area contributed by atoms with Crippen LogP contribution >= 0.6 is 24.0 Å². The number of nitrogens with one attached hydrogen (secondary N) is 1. The molecule has 8 nitrogen and oxygen atoms in total. The Morgan fingerprint density at radius 2 is 2.07 bits per heavy atom. The second-order valence-corrected chi connectivity index (χ2v) is 7.75. The lowest BCUT2D eigenvalue weighted by Crippen LogP contribution is -2.47. The van der Waals surface area contributed by atoms with Crippen molar-refractivity contribution >= 4 is 28.3 Å². The molecule has 3 N–H and O–H groups in total. The summed E-state index contributed by atoms with van der Waals surface area (Å²) in [6.07, 6.45) is -2.24. The third kappa shape index (κ3) is 4.50. The number of rotatable bonds is 5. The van der Waals surface area contributed by atoms with Crippen LogP contribution in [0.25, 0.3) is 0 Å². The van der Waals surface area contributed by atoms with Crippen LogP contribution in [0.4, 0.5) is 4.39 Å². The Balaban J connectivity index is 1.79. The van der Waals surface area contributed by atoms with Gasteiger partial charge in [-0.3, -0.25) is 14.8 Å². The van der Waals surface area contributed by atoms with Gasteiger partial charge < -0.3 is 14.9 Å². The normalized spacial score (nSPS) is 21.6. The van der Waals surface area contributed by atoms with Crippen molar-refractivity contribution in [3.8, 4) is 0 Å². The van der Waals surface area contributed by atoms with Gasteiger partial charge in [0.2, 0.25) is 5.82 Å². The topological polar surface area (TPSA) is 106 Å². The van der Waals surface area contributed by atoms with Crippen LogP contribution in [-0.4, -0.2) is 42.6 Å². The van der Waals surface area contributed by atoms with Gasteiger partial charge in [-0.2, -0.15) is 9.07 Å². The number of thiocarbonyl (C=S) groups is 1. The molecular formula is C17H18FN3O5S2. The van der Waals surface area contributed by atoms with E-state index in [1.807, 2.05) is 30.3 Å². The van der Waals surface area contributed by atoms with Gasteiger partial charge in [0.05, 0.1) is 18.9 Å². The lowest BCUT2D eigenvalue weighted by atomic mass is 10.2. The van der Waals surface area contributed by atoms with Crippen LogP contribution in [0.5, 0.6) is 0 Å². The van der Waals surface area contributed by atoms with Crippen molar-refractivity contribution in [1.29, 1.82) is 0 Å². The van der Waals surface area contributed by atoms with E-state index in [0.29, 0.717) is 10.4 Å². The number of halogens is 1. The van der Waals surface area contributed by atoms with Crippen LogP contribution in [0.1, 0.15) is 18.2 Å². The molecule has 1 aromatic carbocycles. The fourth-order valence-corrected chi connectivity index (χ4v) is 3.66. The van der Waals surface area contributed by atoms with Gasteiger partial charge in [0.15, 0.2) is 4.32 Å². The summed E-state index contributed by atoms with van der Waals surface area (Å²) in [5, 5.41) is 19.0. The van der Waals surface area contributed by atoms with E-state index in [0.717, 1.165) is 16.3 Å². The van der Waals surface area contributed by atoms with E-state index in [2.05, 4.69) is 5.43 Å². The van der Waals surface area contributed by atoms with Crippen molar-refractivity contribution in [3.63, 3.8) is 0 Å². The molecule has 0 saturated carbocycles. The quantitative estimate of drug-likeness (QED) is 0.595. The number of aromatic nitrogens is 2. The lowest BCUT2D eigenvalue weighted by Gasteiger charge is -2.17. The van der Waals surface area contributed by atoms with Crippen molar-refractivity contribution in [2.45, 2.75) is 30.6 Å². The molecule has 0 unspecified atom stereocenters. The largest absolute Gasteiger partial charge is 0.394 e. The molecule has 3 atom stereocenters. The second kappa shape index (κ2) is 8.97. The Bertz CT molecular complexity index is 966. The predicted octanol–water partition coefficient (Wildman–Crippen LogP) is 0.552. The van der Waals surface area contributed by atoms with E-state index in [-0.39, 0.29) is 10.7 Å². The average Bonchev–Trinajstić information content (AvgIpc) is 3.07. The van der Waals surface area contributed by atoms with Gasteiger partial charge in [-0.05, 0) is 5.56 Å². The van der Waals surface area contributed by atoms with Crippen LogP contribution in [0, 0.1) is 5.82 Å². The maximum absolute atomic E-state index is 14.1. The third-order valence-corrected chi connectivity index (χ3v) is 5.46. The Labute approximate surface area is 168 Å². The number of ether oxygens (including phenoxy) is 1. The van der Waals surface area contributed by atoms with E-state index in [9.17, 15) is 19.1 Å². The van der Waals surface area contributed by atoms with Crippen LogP contribution in [-0.2, 0) is 10.5 Å². The standard InChI is InChI=1S/C17H18FN3O5S2/c18-11-7-20(14-6-12(23)13(8-22)26-14)17(25)21(15(11)24)19-16(27)28-9-10-4-2-1-3-5-10/h1-5,7,12-14,22-23H,6,8-9H2,(H,19,27)/t12-,13+,14+/m0/s1. The molecule has 11 heteroatoms. The zero-order valence-electron chi connectivity index (χ0n) is 14.5.